The molecule has 0 bridgehead atoms. The quantitative estimate of drug-likeness (QED) is 0.767. The molecule has 0 aliphatic carbocycles. The molecule has 1 fully saturated rings. The number of piperidine rings is 1. The molecule has 0 spiro atoms. The van der Waals surface area contributed by atoms with Gasteiger partial charge in [0.25, 0.3) is 0 Å². The number of nitrogens with one attached hydrogen (secondary N) is 1. The monoisotopic (exact) mass is 455 g/mol. The van der Waals surface area contributed by atoms with Crippen LogP contribution in [-0.4, -0.2) is 44.7 Å². The van der Waals surface area contributed by atoms with E-state index < -0.39 is 21.4 Å². The number of carbonyl (C=O) groups is 2. The summed E-state index contributed by atoms with van der Waals surface area (Å²) in [5.41, 5.74) is 2.40. The van der Waals surface area contributed by atoms with Crippen LogP contribution in [0.1, 0.15) is 37.8 Å². The molecule has 0 aromatic heterocycles. The van der Waals surface area contributed by atoms with Crippen molar-refractivity contribution in [1.29, 1.82) is 0 Å². The maximum Gasteiger partial charge on any atom is 0.243 e. The van der Waals surface area contributed by atoms with E-state index in [2.05, 4.69) is 5.32 Å². The fraction of sp³-hybridized carbons (Fsp3) is 0.417. The Balaban J connectivity index is 1.55. The Morgan fingerprint density at radius 3 is 2.62 bits per heavy atom. The number of amides is 2. The van der Waals surface area contributed by atoms with Gasteiger partial charge < -0.3 is 10.2 Å². The van der Waals surface area contributed by atoms with Gasteiger partial charge in [0, 0.05) is 31.5 Å². The van der Waals surface area contributed by atoms with Gasteiger partial charge in [-0.3, -0.25) is 9.59 Å². The van der Waals surface area contributed by atoms with Gasteiger partial charge in [0.05, 0.1) is 16.2 Å². The minimum atomic E-state index is -3.79. The van der Waals surface area contributed by atoms with E-state index in [1.54, 1.807) is 44.0 Å². The van der Waals surface area contributed by atoms with Crippen LogP contribution in [0.25, 0.3) is 0 Å². The van der Waals surface area contributed by atoms with Crippen molar-refractivity contribution < 1.29 is 18.0 Å². The highest BCUT2D eigenvalue weighted by Gasteiger charge is 2.43. The van der Waals surface area contributed by atoms with E-state index in [4.69, 9.17) is 0 Å². The van der Waals surface area contributed by atoms with E-state index in [1.165, 1.54) is 4.31 Å². The Morgan fingerprint density at radius 1 is 1.16 bits per heavy atom. The summed E-state index contributed by atoms with van der Waals surface area (Å²) in [4.78, 5) is 27.1. The maximum absolute atomic E-state index is 13.4. The predicted octanol–water partition coefficient (Wildman–Crippen LogP) is 3.29. The number of rotatable bonds is 4. The van der Waals surface area contributed by atoms with E-state index in [-0.39, 0.29) is 23.3 Å². The molecule has 8 heteroatoms. The second kappa shape index (κ2) is 8.01. The first-order valence-electron chi connectivity index (χ1n) is 10.8. The molecule has 1 saturated heterocycles. The van der Waals surface area contributed by atoms with Crippen molar-refractivity contribution in [3.63, 3.8) is 0 Å². The van der Waals surface area contributed by atoms with Crippen LogP contribution in [0.2, 0.25) is 0 Å². The van der Waals surface area contributed by atoms with Gasteiger partial charge in [-0.2, -0.15) is 4.31 Å². The van der Waals surface area contributed by atoms with E-state index in [0.717, 1.165) is 11.3 Å². The van der Waals surface area contributed by atoms with Gasteiger partial charge in [0.2, 0.25) is 21.8 Å². The Kier molecular flexibility index (Phi) is 5.63. The molecule has 2 aromatic rings. The lowest BCUT2D eigenvalue weighted by Crippen LogP contribution is -2.43. The van der Waals surface area contributed by atoms with Crippen molar-refractivity contribution in [3.8, 4) is 0 Å². The molecule has 0 saturated carbocycles. The lowest BCUT2D eigenvalue weighted by molar-refractivity contribution is -0.122. The van der Waals surface area contributed by atoms with Crippen LogP contribution in [0.15, 0.2) is 47.4 Å². The lowest BCUT2D eigenvalue weighted by Gasteiger charge is -2.31. The van der Waals surface area contributed by atoms with Crippen molar-refractivity contribution in [2.24, 2.45) is 5.92 Å². The highest BCUT2D eigenvalue weighted by Crippen LogP contribution is 2.42. The molecule has 2 heterocycles. The van der Waals surface area contributed by atoms with Crippen molar-refractivity contribution in [1.82, 2.24) is 4.31 Å². The van der Waals surface area contributed by atoms with Crippen LogP contribution in [-0.2, 0) is 25.0 Å². The maximum atomic E-state index is 13.4. The molecular formula is C24H29N3O4S. The first-order valence-corrected chi connectivity index (χ1v) is 12.3. The van der Waals surface area contributed by atoms with Gasteiger partial charge >= 0.3 is 0 Å². The minimum Gasteiger partial charge on any atom is -0.326 e. The summed E-state index contributed by atoms with van der Waals surface area (Å²) in [6, 6.07) is 12.4. The van der Waals surface area contributed by atoms with E-state index in [0.29, 0.717) is 30.6 Å². The summed E-state index contributed by atoms with van der Waals surface area (Å²) in [7, 11) is -2.09. The minimum absolute atomic E-state index is 0.0621. The van der Waals surface area contributed by atoms with E-state index in [1.807, 2.05) is 31.2 Å². The average molecular weight is 456 g/mol. The summed E-state index contributed by atoms with van der Waals surface area (Å²) < 4.78 is 28.3. The summed E-state index contributed by atoms with van der Waals surface area (Å²) in [6.07, 6.45) is 1.25. The fourth-order valence-corrected chi connectivity index (χ4v) is 6.15. The first-order chi connectivity index (χ1) is 15.0. The van der Waals surface area contributed by atoms with Crippen molar-refractivity contribution in [2.45, 2.75) is 43.9 Å². The number of sulfonamides is 1. The Labute approximate surface area is 189 Å². The molecule has 7 nitrogen and oxygen atoms in total. The molecule has 4 rings (SSSR count). The topological polar surface area (TPSA) is 86.8 Å². The molecular weight excluding hydrogens is 426 g/mol. The Bertz CT molecular complexity index is 1190. The summed E-state index contributed by atoms with van der Waals surface area (Å²) in [5.74, 6) is -0.650. The molecule has 1 atom stereocenters. The van der Waals surface area contributed by atoms with Gasteiger partial charge in [-0.05, 0) is 75.1 Å². The third-order valence-corrected chi connectivity index (χ3v) is 8.38. The normalized spacial score (nSPS) is 20.8. The Morgan fingerprint density at radius 2 is 1.91 bits per heavy atom. The number of hydrogen-bond acceptors (Lipinski definition) is 4. The number of aryl methyl sites for hydroxylation is 1. The molecule has 2 aliphatic rings. The van der Waals surface area contributed by atoms with Gasteiger partial charge in [-0.1, -0.05) is 12.1 Å². The second-order valence-electron chi connectivity index (χ2n) is 9.23. The standard InChI is InChI=1S/C24H29N3O4S/c1-16-7-5-9-18(13-16)25-22(28)17-8-6-12-27(15-17)32(30,31)19-10-11-21-20(14-19)24(2,3)23(29)26(21)4/h5,7,9-11,13-14,17H,6,8,12,15H2,1-4H3,(H,25,28)/t17-/m0/s1. The van der Waals surface area contributed by atoms with E-state index in [9.17, 15) is 18.0 Å². The number of anilines is 2. The third-order valence-electron chi connectivity index (χ3n) is 6.52. The summed E-state index contributed by atoms with van der Waals surface area (Å²) in [6.45, 7) is 6.07. The predicted molar refractivity (Wildman–Crippen MR) is 124 cm³/mol. The third kappa shape index (κ3) is 3.82. The highest BCUT2D eigenvalue weighted by molar-refractivity contribution is 7.89. The average Bonchev–Trinajstić information content (AvgIpc) is 2.94. The number of carbonyl (C=O) groups excluding carboxylic acids is 2. The first kappa shape index (κ1) is 22.5. The largest absolute Gasteiger partial charge is 0.326 e. The number of likely N-dealkylation sites (N-methyl/N-ethyl adjacent to an activating group) is 1. The molecule has 0 unspecified atom stereocenters. The molecule has 1 N–H and O–H groups in total. The van der Waals surface area contributed by atoms with Crippen molar-refractivity contribution in [2.75, 3.05) is 30.4 Å². The van der Waals surface area contributed by atoms with Gasteiger partial charge in [-0.15, -0.1) is 0 Å². The van der Waals surface area contributed by atoms with Gasteiger partial charge in [-0.25, -0.2) is 8.42 Å². The van der Waals surface area contributed by atoms with Crippen LogP contribution in [0.4, 0.5) is 11.4 Å². The number of hydrogen-bond donors (Lipinski definition) is 1. The van der Waals surface area contributed by atoms with Crippen LogP contribution < -0.4 is 10.2 Å². The van der Waals surface area contributed by atoms with Crippen molar-refractivity contribution >= 4 is 33.2 Å². The van der Waals surface area contributed by atoms with E-state index >= 15 is 0 Å². The number of nitrogens with zero attached hydrogens (tertiary/aromatic N) is 2. The lowest BCUT2D eigenvalue weighted by atomic mass is 9.86. The SMILES string of the molecule is Cc1cccc(NC(=O)[C@H]2CCCN(S(=O)(=O)c3ccc4c(c3)C(C)(C)C(=O)N4C)C2)c1. The van der Waals surface area contributed by atoms with Gasteiger partial charge in [0.1, 0.15) is 0 Å². The molecule has 2 aliphatic heterocycles. The Hall–Kier alpha value is -2.71. The zero-order chi connectivity index (χ0) is 23.3. The molecule has 32 heavy (non-hydrogen) atoms. The second-order valence-corrected chi connectivity index (χ2v) is 11.2. The van der Waals surface area contributed by atoms with Crippen LogP contribution in [0.5, 0.6) is 0 Å². The smallest absolute Gasteiger partial charge is 0.243 e. The zero-order valence-corrected chi connectivity index (χ0v) is 19.7. The molecule has 170 valence electrons. The van der Waals surface area contributed by atoms with Crippen molar-refractivity contribution in [3.05, 3.63) is 53.6 Å². The van der Waals surface area contributed by atoms with Crippen LogP contribution in [0.3, 0.4) is 0 Å². The summed E-state index contributed by atoms with van der Waals surface area (Å²) in [5, 5.41) is 2.92. The molecule has 0 radical (unpaired) electrons. The molecule has 2 amide bonds. The highest BCUT2D eigenvalue weighted by atomic mass is 32.2. The number of benzene rings is 2. The number of fused-ring (bicyclic) bond motifs is 1. The fourth-order valence-electron chi connectivity index (χ4n) is 4.60. The summed E-state index contributed by atoms with van der Waals surface area (Å²) >= 11 is 0. The zero-order valence-electron chi connectivity index (χ0n) is 18.9. The van der Waals surface area contributed by atoms with Crippen LogP contribution >= 0.6 is 0 Å². The molecule has 2 aromatic carbocycles. The van der Waals surface area contributed by atoms with Gasteiger partial charge in [0.15, 0.2) is 0 Å². The van der Waals surface area contributed by atoms with Crippen LogP contribution in [0, 0.1) is 12.8 Å².